The SMILES string of the molecule is CCOc1ccc(-c2cc(NC(=O)c3ccc(CF)nc3C)ccc2I)nc1. The fourth-order valence-corrected chi connectivity index (χ4v) is 3.33. The number of carbonyl (C=O) groups excluding carboxylic acids is 1. The van der Waals surface area contributed by atoms with E-state index in [0.717, 1.165) is 14.8 Å². The molecule has 0 saturated heterocycles. The molecule has 1 amide bonds. The number of pyridine rings is 2. The van der Waals surface area contributed by atoms with Crippen molar-refractivity contribution in [3.63, 3.8) is 0 Å². The van der Waals surface area contributed by atoms with Gasteiger partial charge in [-0.05, 0) is 78.9 Å². The van der Waals surface area contributed by atoms with Gasteiger partial charge in [0.2, 0.25) is 0 Å². The molecule has 144 valence electrons. The third-order valence-electron chi connectivity index (χ3n) is 4.07. The van der Waals surface area contributed by atoms with E-state index in [9.17, 15) is 9.18 Å². The first-order valence-electron chi connectivity index (χ1n) is 8.74. The molecular weight excluding hydrogens is 472 g/mol. The van der Waals surface area contributed by atoms with Crippen LogP contribution in [0.3, 0.4) is 0 Å². The van der Waals surface area contributed by atoms with Gasteiger partial charge < -0.3 is 10.1 Å². The lowest BCUT2D eigenvalue weighted by atomic mass is 10.1. The maximum absolute atomic E-state index is 12.7. The van der Waals surface area contributed by atoms with E-state index >= 15 is 0 Å². The van der Waals surface area contributed by atoms with E-state index < -0.39 is 6.67 Å². The minimum atomic E-state index is -0.654. The Balaban J connectivity index is 1.84. The lowest BCUT2D eigenvalue weighted by molar-refractivity contribution is 0.102. The molecular formula is C21H19FIN3O2. The van der Waals surface area contributed by atoms with Crippen LogP contribution in [-0.2, 0) is 6.67 Å². The summed E-state index contributed by atoms with van der Waals surface area (Å²) in [6.45, 7) is 3.54. The van der Waals surface area contributed by atoms with Crippen molar-refractivity contribution in [2.45, 2.75) is 20.5 Å². The predicted octanol–water partition coefficient (Wildman–Crippen LogP) is 5.18. The zero-order valence-electron chi connectivity index (χ0n) is 15.5. The second-order valence-electron chi connectivity index (χ2n) is 6.03. The highest BCUT2D eigenvalue weighted by Gasteiger charge is 2.13. The summed E-state index contributed by atoms with van der Waals surface area (Å²) < 4.78 is 19.2. The van der Waals surface area contributed by atoms with Crippen LogP contribution in [0.1, 0.15) is 28.7 Å². The third-order valence-corrected chi connectivity index (χ3v) is 5.01. The zero-order valence-corrected chi connectivity index (χ0v) is 17.7. The number of hydrogen-bond acceptors (Lipinski definition) is 4. The quantitative estimate of drug-likeness (QED) is 0.483. The summed E-state index contributed by atoms with van der Waals surface area (Å²) in [5, 5.41) is 2.88. The molecule has 1 aromatic carbocycles. The predicted molar refractivity (Wildman–Crippen MR) is 115 cm³/mol. The van der Waals surface area contributed by atoms with Gasteiger partial charge in [-0.1, -0.05) is 0 Å². The topological polar surface area (TPSA) is 64.1 Å². The number of ether oxygens (including phenoxy) is 1. The van der Waals surface area contributed by atoms with E-state index in [1.54, 1.807) is 19.2 Å². The highest BCUT2D eigenvalue weighted by molar-refractivity contribution is 14.1. The minimum Gasteiger partial charge on any atom is -0.492 e. The Bertz CT molecular complexity index is 993. The molecule has 2 aromatic heterocycles. The fourth-order valence-electron chi connectivity index (χ4n) is 2.72. The monoisotopic (exact) mass is 491 g/mol. The van der Waals surface area contributed by atoms with Gasteiger partial charge in [0.25, 0.3) is 5.91 Å². The van der Waals surface area contributed by atoms with Crippen LogP contribution >= 0.6 is 22.6 Å². The number of carbonyl (C=O) groups is 1. The van der Waals surface area contributed by atoms with Gasteiger partial charge >= 0.3 is 0 Å². The highest BCUT2D eigenvalue weighted by atomic mass is 127. The van der Waals surface area contributed by atoms with Gasteiger partial charge in [0.1, 0.15) is 12.4 Å². The number of hydrogen-bond donors (Lipinski definition) is 1. The van der Waals surface area contributed by atoms with E-state index in [4.69, 9.17) is 4.74 Å². The van der Waals surface area contributed by atoms with Crippen molar-refractivity contribution in [1.82, 2.24) is 9.97 Å². The number of rotatable bonds is 6. The number of halogens is 2. The molecule has 0 atom stereocenters. The van der Waals surface area contributed by atoms with E-state index in [1.807, 2.05) is 37.3 Å². The number of aromatic nitrogens is 2. The molecule has 0 spiro atoms. The third kappa shape index (κ3) is 4.64. The number of aryl methyl sites for hydroxylation is 1. The normalized spacial score (nSPS) is 10.6. The first kappa shape index (κ1) is 20.2. The van der Waals surface area contributed by atoms with Gasteiger partial charge in [-0.15, -0.1) is 0 Å². The van der Waals surface area contributed by atoms with Crippen LogP contribution in [0.2, 0.25) is 0 Å². The summed E-state index contributed by atoms with van der Waals surface area (Å²) in [6.07, 6.45) is 1.68. The molecule has 0 fully saturated rings. The zero-order chi connectivity index (χ0) is 20.1. The number of anilines is 1. The van der Waals surface area contributed by atoms with E-state index in [1.165, 1.54) is 6.07 Å². The van der Waals surface area contributed by atoms with Crippen molar-refractivity contribution in [2.75, 3.05) is 11.9 Å². The summed E-state index contributed by atoms with van der Waals surface area (Å²) in [5.74, 6) is 0.424. The molecule has 5 nitrogen and oxygen atoms in total. The van der Waals surface area contributed by atoms with Gasteiger partial charge in [0.15, 0.2) is 0 Å². The van der Waals surface area contributed by atoms with Crippen LogP contribution in [0.25, 0.3) is 11.3 Å². The van der Waals surface area contributed by atoms with Crippen molar-refractivity contribution >= 4 is 34.2 Å². The lowest BCUT2D eigenvalue weighted by Gasteiger charge is -2.11. The number of alkyl halides is 1. The van der Waals surface area contributed by atoms with Crippen LogP contribution in [0, 0.1) is 10.5 Å². The standard InChI is InChI=1S/C21H19FIN3O2/c1-3-28-16-6-9-20(24-12-16)18-10-14(5-8-19(18)23)26-21(27)17-7-4-15(11-22)25-13(17)2/h4-10,12H,3,11H2,1-2H3,(H,26,27). The Morgan fingerprint density at radius 1 is 1.21 bits per heavy atom. The van der Waals surface area contributed by atoms with E-state index in [-0.39, 0.29) is 5.91 Å². The first-order valence-corrected chi connectivity index (χ1v) is 9.82. The molecule has 0 unspecified atom stereocenters. The number of nitrogens with zero attached hydrogens (tertiary/aromatic N) is 2. The van der Waals surface area contributed by atoms with Crippen LogP contribution in [0.15, 0.2) is 48.7 Å². The molecule has 0 aliphatic rings. The number of amides is 1. The summed E-state index contributed by atoms with van der Waals surface area (Å²) in [7, 11) is 0. The van der Waals surface area contributed by atoms with Crippen LogP contribution in [0.4, 0.5) is 10.1 Å². The molecule has 3 rings (SSSR count). The summed E-state index contributed by atoms with van der Waals surface area (Å²) in [4.78, 5) is 21.2. The Morgan fingerprint density at radius 2 is 2.04 bits per heavy atom. The largest absolute Gasteiger partial charge is 0.492 e. The van der Waals surface area contributed by atoms with Crippen molar-refractivity contribution in [3.05, 3.63) is 69.2 Å². The average molecular weight is 491 g/mol. The summed E-state index contributed by atoms with van der Waals surface area (Å²) >= 11 is 2.23. The maximum Gasteiger partial charge on any atom is 0.257 e. The van der Waals surface area contributed by atoms with Crippen molar-refractivity contribution in [3.8, 4) is 17.0 Å². The number of nitrogens with one attached hydrogen (secondary N) is 1. The summed E-state index contributed by atoms with van der Waals surface area (Å²) in [6, 6.07) is 12.5. The van der Waals surface area contributed by atoms with E-state index in [0.29, 0.717) is 35.0 Å². The highest BCUT2D eigenvalue weighted by Crippen LogP contribution is 2.28. The van der Waals surface area contributed by atoms with Crippen molar-refractivity contribution in [1.29, 1.82) is 0 Å². The molecule has 28 heavy (non-hydrogen) atoms. The van der Waals surface area contributed by atoms with Gasteiger partial charge in [-0.2, -0.15) is 0 Å². The minimum absolute atomic E-state index is 0.290. The van der Waals surface area contributed by atoms with Crippen LogP contribution < -0.4 is 10.1 Å². The second-order valence-corrected chi connectivity index (χ2v) is 7.19. The molecule has 0 bridgehead atoms. The Kier molecular flexibility index (Phi) is 6.56. The van der Waals surface area contributed by atoms with Crippen LogP contribution in [0.5, 0.6) is 5.75 Å². The first-order chi connectivity index (χ1) is 13.5. The fraction of sp³-hybridized carbons (Fsp3) is 0.190. The van der Waals surface area contributed by atoms with Gasteiger partial charge in [0.05, 0.1) is 35.4 Å². The van der Waals surface area contributed by atoms with Gasteiger partial charge in [0, 0.05) is 14.8 Å². The molecule has 2 heterocycles. The molecule has 7 heteroatoms. The van der Waals surface area contributed by atoms with Crippen molar-refractivity contribution < 1.29 is 13.9 Å². The van der Waals surface area contributed by atoms with Crippen molar-refractivity contribution in [2.24, 2.45) is 0 Å². The molecule has 0 aliphatic heterocycles. The van der Waals surface area contributed by atoms with Gasteiger partial charge in [-0.3, -0.25) is 14.8 Å². The smallest absolute Gasteiger partial charge is 0.257 e. The second kappa shape index (κ2) is 9.09. The van der Waals surface area contributed by atoms with Crippen LogP contribution in [-0.4, -0.2) is 22.5 Å². The molecule has 0 saturated carbocycles. The lowest BCUT2D eigenvalue weighted by Crippen LogP contribution is -2.14. The average Bonchev–Trinajstić information content (AvgIpc) is 2.70. The molecule has 1 N–H and O–H groups in total. The Morgan fingerprint density at radius 3 is 2.68 bits per heavy atom. The number of benzene rings is 1. The molecule has 0 radical (unpaired) electrons. The molecule has 0 aliphatic carbocycles. The van der Waals surface area contributed by atoms with E-state index in [2.05, 4.69) is 37.9 Å². The Hall–Kier alpha value is -2.55. The summed E-state index contributed by atoms with van der Waals surface area (Å²) in [5.41, 5.74) is 3.55. The molecule has 3 aromatic rings. The van der Waals surface area contributed by atoms with Gasteiger partial charge in [-0.25, -0.2) is 4.39 Å². The maximum atomic E-state index is 12.7. The Labute approximate surface area is 176 Å².